The molecule has 1 aliphatic rings. The van der Waals surface area contributed by atoms with Crippen LogP contribution in [0.5, 0.6) is 0 Å². The molecule has 0 aliphatic heterocycles. The quantitative estimate of drug-likeness (QED) is 0.607. The molecule has 0 unspecified atom stereocenters. The van der Waals surface area contributed by atoms with Crippen molar-refractivity contribution in [2.24, 2.45) is 0 Å². The van der Waals surface area contributed by atoms with Gasteiger partial charge in [0.15, 0.2) is 0 Å². The summed E-state index contributed by atoms with van der Waals surface area (Å²) in [6.07, 6.45) is 5.58. The van der Waals surface area contributed by atoms with Crippen molar-refractivity contribution in [1.29, 1.82) is 0 Å². The zero-order chi connectivity index (χ0) is 8.32. The number of allylic oxidation sites excluding steroid dienone is 2. The fourth-order valence-corrected chi connectivity index (χ4v) is 1.93. The second-order valence-electron chi connectivity index (χ2n) is 2.72. The van der Waals surface area contributed by atoms with Crippen LogP contribution in [0.25, 0.3) is 0 Å². The molecule has 0 bridgehead atoms. The minimum atomic E-state index is -4.14. The first-order valence-corrected chi connectivity index (χ1v) is 5.16. The molecule has 0 N–H and O–H groups in total. The maximum atomic E-state index is 10.5. The van der Waals surface area contributed by atoms with E-state index in [4.69, 9.17) is 0 Å². The van der Waals surface area contributed by atoms with Crippen molar-refractivity contribution in [1.82, 2.24) is 0 Å². The second kappa shape index (κ2) is 3.36. The number of hydrogen-bond donors (Lipinski definition) is 0. The van der Waals surface area contributed by atoms with Gasteiger partial charge in [0, 0.05) is 0 Å². The molecule has 0 atom stereocenters. The van der Waals surface area contributed by atoms with Gasteiger partial charge in [-0.3, -0.25) is 0 Å². The molecule has 0 spiro atoms. The monoisotopic (exact) mass is 175 g/mol. The van der Waals surface area contributed by atoms with Crippen LogP contribution in [0.4, 0.5) is 0 Å². The summed E-state index contributed by atoms with van der Waals surface area (Å²) in [5, 5.41) is 0. The van der Waals surface area contributed by atoms with E-state index in [1.165, 1.54) is 0 Å². The van der Waals surface area contributed by atoms with Crippen molar-refractivity contribution in [2.45, 2.75) is 32.1 Å². The highest BCUT2D eigenvalue weighted by Crippen LogP contribution is 2.20. The van der Waals surface area contributed by atoms with Crippen LogP contribution in [-0.4, -0.2) is 8.42 Å². The normalized spacial score (nSPS) is 20.6. The lowest BCUT2D eigenvalue weighted by molar-refractivity contribution is 0.419. The molecule has 0 saturated carbocycles. The standard InChI is InChI=1S/C7H11O3S/c8-11(9,10)7-5-3-1-2-4-6-7/h5H,1-4,6H2. The van der Waals surface area contributed by atoms with E-state index in [1.54, 1.807) is 6.08 Å². The molecule has 11 heavy (non-hydrogen) atoms. The van der Waals surface area contributed by atoms with Gasteiger partial charge in [-0.15, -0.1) is 0 Å². The number of hydrogen-bond acceptors (Lipinski definition) is 2. The van der Waals surface area contributed by atoms with E-state index in [2.05, 4.69) is 0 Å². The Kier molecular flexibility index (Phi) is 2.67. The fraction of sp³-hybridized carbons (Fsp3) is 0.714. The van der Waals surface area contributed by atoms with Gasteiger partial charge in [0.05, 0.1) is 4.91 Å². The van der Waals surface area contributed by atoms with Crippen LogP contribution in [0, 0.1) is 0 Å². The van der Waals surface area contributed by atoms with E-state index < -0.39 is 10.1 Å². The Morgan fingerprint density at radius 1 is 1.18 bits per heavy atom. The van der Waals surface area contributed by atoms with Crippen LogP contribution in [0.1, 0.15) is 32.1 Å². The summed E-state index contributed by atoms with van der Waals surface area (Å²) in [4.78, 5) is 0.0926. The highest BCUT2D eigenvalue weighted by Gasteiger charge is 2.16. The molecule has 0 aromatic rings. The SMILES string of the molecule is [O]S(=O)(=O)C1=CCCCCC1. The van der Waals surface area contributed by atoms with Crippen LogP contribution in [0.3, 0.4) is 0 Å². The molecular weight excluding hydrogens is 164 g/mol. The minimum absolute atomic E-state index is 0.0926. The van der Waals surface area contributed by atoms with Crippen LogP contribution in [-0.2, 0) is 14.7 Å². The van der Waals surface area contributed by atoms with E-state index >= 15 is 0 Å². The fourth-order valence-electron chi connectivity index (χ4n) is 1.21. The maximum absolute atomic E-state index is 10.5. The Labute approximate surface area is 66.9 Å². The molecule has 1 rings (SSSR count). The third kappa shape index (κ3) is 2.63. The molecule has 63 valence electrons. The predicted molar refractivity (Wildman–Crippen MR) is 40.8 cm³/mol. The van der Waals surface area contributed by atoms with Crippen molar-refractivity contribution < 1.29 is 13.0 Å². The third-order valence-corrected chi connectivity index (χ3v) is 2.83. The van der Waals surface area contributed by atoms with Crippen molar-refractivity contribution in [2.75, 3.05) is 0 Å². The molecule has 0 heterocycles. The maximum Gasteiger partial charge on any atom is 0.320 e. The Balaban J connectivity index is 2.77. The van der Waals surface area contributed by atoms with Gasteiger partial charge in [0.2, 0.25) is 0 Å². The average Bonchev–Trinajstić information content (AvgIpc) is 2.10. The first kappa shape index (κ1) is 8.74. The van der Waals surface area contributed by atoms with Crippen LogP contribution in [0.15, 0.2) is 11.0 Å². The lowest BCUT2D eigenvalue weighted by atomic mass is 10.2. The van der Waals surface area contributed by atoms with Gasteiger partial charge in [0.1, 0.15) is 0 Å². The molecule has 1 radical (unpaired) electrons. The molecule has 0 aromatic heterocycles. The zero-order valence-electron chi connectivity index (χ0n) is 6.25. The van der Waals surface area contributed by atoms with Crippen molar-refractivity contribution in [3.8, 4) is 0 Å². The van der Waals surface area contributed by atoms with Crippen molar-refractivity contribution in [3.05, 3.63) is 11.0 Å². The second-order valence-corrected chi connectivity index (χ2v) is 4.16. The van der Waals surface area contributed by atoms with Gasteiger partial charge < -0.3 is 0 Å². The minimum Gasteiger partial charge on any atom is -0.192 e. The van der Waals surface area contributed by atoms with Crippen LogP contribution < -0.4 is 0 Å². The average molecular weight is 175 g/mol. The van der Waals surface area contributed by atoms with E-state index in [9.17, 15) is 13.0 Å². The Morgan fingerprint density at radius 3 is 2.55 bits per heavy atom. The Bertz CT molecular complexity index is 251. The van der Waals surface area contributed by atoms with Gasteiger partial charge in [-0.25, -0.2) is 0 Å². The van der Waals surface area contributed by atoms with Crippen LogP contribution in [0.2, 0.25) is 0 Å². The molecule has 0 fully saturated rings. The topological polar surface area (TPSA) is 54.0 Å². The van der Waals surface area contributed by atoms with Crippen LogP contribution >= 0.6 is 0 Å². The zero-order valence-corrected chi connectivity index (χ0v) is 7.06. The lowest BCUT2D eigenvalue weighted by Crippen LogP contribution is -1.98. The highest BCUT2D eigenvalue weighted by atomic mass is 32.2. The predicted octanol–water partition coefficient (Wildman–Crippen LogP) is 1.59. The molecule has 0 amide bonds. The van der Waals surface area contributed by atoms with Crippen molar-refractivity contribution >= 4 is 10.1 Å². The van der Waals surface area contributed by atoms with Gasteiger partial charge in [-0.05, 0) is 25.7 Å². The van der Waals surface area contributed by atoms with E-state index in [0.29, 0.717) is 6.42 Å². The Morgan fingerprint density at radius 2 is 1.91 bits per heavy atom. The summed E-state index contributed by atoms with van der Waals surface area (Å²) >= 11 is 0. The van der Waals surface area contributed by atoms with Gasteiger partial charge in [-0.1, -0.05) is 17.0 Å². The van der Waals surface area contributed by atoms with Gasteiger partial charge in [-0.2, -0.15) is 8.42 Å². The van der Waals surface area contributed by atoms with Gasteiger partial charge >= 0.3 is 10.1 Å². The summed E-state index contributed by atoms with van der Waals surface area (Å²) < 4.78 is 31.5. The molecule has 1 aliphatic carbocycles. The largest absolute Gasteiger partial charge is 0.320 e. The van der Waals surface area contributed by atoms with E-state index in [-0.39, 0.29) is 4.91 Å². The van der Waals surface area contributed by atoms with E-state index in [0.717, 1.165) is 25.7 Å². The summed E-state index contributed by atoms with van der Waals surface area (Å²) in [7, 11) is -4.14. The molecule has 3 nitrogen and oxygen atoms in total. The number of rotatable bonds is 1. The first-order valence-electron chi connectivity index (χ1n) is 3.75. The summed E-state index contributed by atoms with van der Waals surface area (Å²) in [6.45, 7) is 0. The third-order valence-electron chi connectivity index (χ3n) is 1.82. The highest BCUT2D eigenvalue weighted by molar-refractivity contribution is 7.89. The van der Waals surface area contributed by atoms with Crippen molar-refractivity contribution in [3.63, 3.8) is 0 Å². The summed E-state index contributed by atoms with van der Waals surface area (Å²) in [6, 6.07) is 0. The molecule has 0 saturated heterocycles. The van der Waals surface area contributed by atoms with Gasteiger partial charge in [0.25, 0.3) is 0 Å². The molecule has 0 aromatic carbocycles. The summed E-state index contributed by atoms with van der Waals surface area (Å²) in [5.41, 5.74) is 0. The van der Waals surface area contributed by atoms with E-state index in [1.807, 2.05) is 0 Å². The smallest absolute Gasteiger partial charge is 0.192 e. The molecule has 4 heteroatoms. The summed E-state index contributed by atoms with van der Waals surface area (Å²) in [5.74, 6) is 0. The first-order chi connectivity index (χ1) is 5.11. The molecular formula is C7H11O3S. The lowest BCUT2D eigenvalue weighted by Gasteiger charge is -1.96. The Hall–Kier alpha value is -0.350.